The van der Waals surface area contributed by atoms with Gasteiger partial charge in [-0.2, -0.15) is 0 Å². The van der Waals surface area contributed by atoms with Gasteiger partial charge in [0.15, 0.2) is 0 Å². The largest absolute Gasteiger partial charge is 0.337 e. The minimum atomic E-state index is -0.256. The van der Waals surface area contributed by atoms with Crippen LogP contribution in [0.25, 0.3) is 10.6 Å². The number of carbonyl (C=O) groups excluding carboxylic acids is 2. The molecule has 2 heterocycles. The summed E-state index contributed by atoms with van der Waals surface area (Å²) in [5.41, 5.74) is 4.87. The van der Waals surface area contributed by atoms with Crippen molar-refractivity contribution >= 4 is 34.6 Å². The lowest BCUT2D eigenvalue weighted by molar-refractivity contribution is -0.117. The van der Waals surface area contributed by atoms with Crippen LogP contribution >= 0.6 is 11.3 Å². The zero-order chi connectivity index (χ0) is 20.9. The second kappa shape index (κ2) is 9.09. The van der Waals surface area contributed by atoms with Crippen LogP contribution in [-0.2, 0) is 11.2 Å². The maximum Gasteiger partial charge on any atom is 0.319 e. The first-order valence-electron chi connectivity index (χ1n) is 10.1. The van der Waals surface area contributed by atoms with Gasteiger partial charge >= 0.3 is 6.03 Å². The molecule has 1 aliphatic rings. The van der Waals surface area contributed by atoms with Gasteiger partial charge in [-0.3, -0.25) is 4.79 Å². The molecule has 0 aliphatic carbocycles. The number of hydrogen-bond donors (Lipinski definition) is 2. The van der Waals surface area contributed by atoms with Crippen molar-refractivity contribution in [3.63, 3.8) is 0 Å². The number of aromatic nitrogens is 1. The minimum absolute atomic E-state index is 0.154. The van der Waals surface area contributed by atoms with E-state index in [1.807, 2.05) is 29.6 Å². The molecule has 30 heavy (non-hydrogen) atoms. The molecule has 0 unspecified atom stereocenters. The van der Waals surface area contributed by atoms with Crippen molar-refractivity contribution in [3.8, 4) is 10.6 Å². The molecule has 0 atom stereocenters. The Morgan fingerprint density at radius 2 is 1.90 bits per heavy atom. The molecule has 0 spiro atoms. The van der Waals surface area contributed by atoms with Gasteiger partial charge < -0.3 is 15.5 Å². The topological polar surface area (TPSA) is 74.3 Å². The Kier molecular flexibility index (Phi) is 6.09. The van der Waals surface area contributed by atoms with Crippen LogP contribution in [0.4, 0.5) is 16.2 Å². The summed E-state index contributed by atoms with van der Waals surface area (Å²) in [5, 5.41) is 8.71. The molecule has 1 aliphatic heterocycles. The Hall–Kier alpha value is -3.19. The molecule has 2 aromatic carbocycles. The molecule has 3 amide bonds. The van der Waals surface area contributed by atoms with Gasteiger partial charge in [-0.05, 0) is 37.6 Å². The van der Waals surface area contributed by atoms with Gasteiger partial charge in [0.2, 0.25) is 5.91 Å². The van der Waals surface area contributed by atoms with E-state index >= 15 is 0 Å². The van der Waals surface area contributed by atoms with Crippen LogP contribution in [0.1, 0.15) is 24.1 Å². The van der Waals surface area contributed by atoms with Crippen LogP contribution in [0.5, 0.6) is 0 Å². The average molecular weight is 421 g/mol. The Bertz CT molecular complexity index is 1030. The summed E-state index contributed by atoms with van der Waals surface area (Å²) in [5.74, 6) is 0.154. The molecule has 0 saturated carbocycles. The third kappa shape index (κ3) is 4.86. The fraction of sp³-hybridized carbons (Fsp3) is 0.261. The normalized spacial score (nSPS) is 13.5. The average Bonchev–Trinajstić information content (AvgIpc) is 3.38. The highest BCUT2D eigenvalue weighted by Crippen LogP contribution is 2.24. The monoisotopic (exact) mass is 420 g/mol. The van der Waals surface area contributed by atoms with Gasteiger partial charge in [0.1, 0.15) is 5.01 Å². The fourth-order valence-corrected chi connectivity index (χ4v) is 4.24. The SMILES string of the molecule is Cc1ccc(-c2nc(CCNC(=O)Nc3ccc(N4CCCC4=O)cc3)cs2)cc1. The van der Waals surface area contributed by atoms with E-state index in [2.05, 4.69) is 46.8 Å². The first-order chi connectivity index (χ1) is 14.6. The number of aryl methyl sites for hydroxylation is 1. The lowest BCUT2D eigenvalue weighted by atomic mass is 10.2. The van der Waals surface area contributed by atoms with Crippen molar-refractivity contribution in [2.75, 3.05) is 23.3 Å². The van der Waals surface area contributed by atoms with Crippen molar-refractivity contribution in [1.29, 1.82) is 0 Å². The number of nitrogens with zero attached hydrogens (tertiary/aromatic N) is 2. The summed E-state index contributed by atoms with van der Waals surface area (Å²) in [7, 11) is 0. The van der Waals surface area contributed by atoms with Gasteiger partial charge in [-0.15, -0.1) is 11.3 Å². The lowest BCUT2D eigenvalue weighted by Gasteiger charge is -2.16. The quantitative estimate of drug-likeness (QED) is 0.612. The van der Waals surface area contributed by atoms with Gasteiger partial charge in [0.05, 0.1) is 5.69 Å². The van der Waals surface area contributed by atoms with Crippen molar-refractivity contribution in [3.05, 3.63) is 65.2 Å². The lowest BCUT2D eigenvalue weighted by Crippen LogP contribution is -2.30. The Labute approximate surface area is 180 Å². The molecule has 1 aromatic heterocycles. The highest BCUT2D eigenvalue weighted by Gasteiger charge is 2.21. The predicted octanol–water partition coefficient (Wildman–Crippen LogP) is 4.61. The van der Waals surface area contributed by atoms with Crippen LogP contribution in [0.15, 0.2) is 53.9 Å². The number of anilines is 2. The maximum absolute atomic E-state index is 12.1. The molecule has 4 rings (SSSR count). The van der Waals surface area contributed by atoms with Gasteiger partial charge in [-0.25, -0.2) is 9.78 Å². The zero-order valence-corrected chi connectivity index (χ0v) is 17.7. The summed E-state index contributed by atoms with van der Waals surface area (Å²) in [6.07, 6.45) is 2.17. The highest BCUT2D eigenvalue weighted by atomic mass is 32.1. The number of amides is 3. The zero-order valence-electron chi connectivity index (χ0n) is 16.9. The van der Waals surface area contributed by atoms with E-state index in [1.54, 1.807) is 16.2 Å². The number of rotatable bonds is 6. The smallest absolute Gasteiger partial charge is 0.319 e. The van der Waals surface area contributed by atoms with E-state index in [4.69, 9.17) is 0 Å². The van der Waals surface area contributed by atoms with E-state index in [0.717, 1.165) is 34.9 Å². The van der Waals surface area contributed by atoms with E-state index in [9.17, 15) is 9.59 Å². The molecule has 1 fully saturated rings. The molecule has 7 heteroatoms. The standard InChI is InChI=1S/C23H24N4O2S/c1-16-4-6-17(7-5-16)22-25-19(15-30-22)12-13-24-23(29)26-18-8-10-20(11-9-18)27-14-2-3-21(27)28/h4-11,15H,2-3,12-14H2,1H3,(H2,24,26,29). The van der Waals surface area contributed by atoms with Crippen LogP contribution in [0.3, 0.4) is 0 Å². The molecule has 6 nitrogen and oxygen atoms in total. The van der Waals surface area contributed by atoms with Crippen LogP contribution in [0.2, 0.25) is 0 Å². The van der Waals surface area contributed by atoms with Crippen molar-refractivity contribution in [2.45, 2.75) is 26.2 Å². The van der Waals surface area contributed by atoms with Crippen molar-refractivity contribution < 1.29 is 9.59 Å². The van der Waals surface area contributed by atoms with Crippen LogP contribution in [-0.4, -0.2) is 30.0 Å². The first kappa shape index (κ1) is 20.1. The van der Waals surface area contributed by atoms with Crippen molar-refractivity contribution in [2.24, 2.45) is 0 Å². The molecular weight excluding hydrogens is 396 g/mol. The third-order valence-electron chi connectivity index (χ3n) is 5.03. The Balaban J connectivity index is 1.24. The summed E-state index contributed by atoms with van der Waals surface area (Å²) < 4.78 is 0. The van der Waals surface area contributed by atoms with Gasteiger partial charge in [0.25, 0.3) is 0 Å². The summed E-state index contributed by atoms with van der Waals surface area (Å²) >= 11 is 1.61. The number of nitrogens with one attached hydrogen (secondary N) is 2. The summed E-state index contributed by atoms with van der Waals surface area (Å²) in [4.78, 5) is 30.4. The predicted molar refractivity (Wildman–Crippen MR) is 121 cm³/mol. The van der Waals surface area contributed by atoms with Crippen molar-refractivity contribution in [1.82, 2.24) is 10.3 Å². The molecule has 0 bridgehead atoms. The van der Waals surface area contributed by atoms with E-state index in [-0.39, 0.29) is 11.9 Å². The molecule has 3 aromatic rings. The molecule has 2 N–H and O–H groups in total. The van der Waals surface area contributed by atoms with Crippen LogP contribution in [0, 0.1) is 6.92 Å². The number of carbonyl (C=O) groups is 2. The van der Waals surface area contributed by atoms with E-state index < -0.39 is 0 Å². The Morgan fingerprint density at radius 1 is 1.13 bits per heavy atom. The number of urea groups is 1. The number of hydrogen-bond acceptors (Lipinski definition) is 4. The molecule has 154 valence electrons. The van der Waals surface area contributed by atoms with E-state index in [0.29, 0.717) is 25.1 Å². The van der Waals surface area contributed by atoms with Crippen LogP contribution < -0.4 is 15.5 Å². The fourth-order valence-electron chi connectivity index (χ4n) is 3.38. The second-order valence-electron chi connectivity index (χ2n) is 7.34. The van der Waals surface area contributed by atoms with E-state index in [1.165, 1.54) is 5.56 Å². The summed E-state index contributed by atoms with van der Waals surface area (Å²) in [6.45, 7) is 3.33. The maximum atomic E-state index is 12.1. The minimum Gasteiger partial charge on any atom is -0.337 e. The third-order valence-corrected chi connectivity index (χ3v) is 5.97. The summed E-state index contributed by atoms with van der Waals surface area (Å²) in [6, 6.07) is 15.4. The molecule has 0 radical (unpaired) electrons. The highest BCUT2D eigenvalue weighted by molar-refractivity contribution is 7.13. The Morgan fingerprint density at radius 3 is 2.60 bits per heavy atom. The molecule has 1 saturated heterocycles. The van der Waals surface area contributed by atoms with Gasteiger partial charge in [-0.1, -0.05) is 29.8 Å². The molecular formula is C23H24N4O2S. The first-order valence-corrected chi connectivity index (χ1v) is 10.9. The second-order valence-corrected chi connectivity index (χ2v) is 8.19. The number of thiazole rings is 1. The van der Waals surface area contributed by atoms with Gasteiger partial charge in [0, 0.05) is 48.2 Å². The number of benzene rings is 2.